The lowest BCUT2D eigenvalue weighted by Gasteiger charge is -2.33. The van der Waals surface area contributed by atoms with Crippen LogP contribution in [0, 0.1) is 0 Å². The molecule has 1 saturated heterocycles. The molecule has 1 aliphatic rings. The summed E-state index contributed by atoms with van der Waals surface area (Å²) in [6.07, 6.45) is 6.25. The van der Waals surface area contributed by atoms with Crippen LogP contribution in [0.25, 0.3) is 5.69 Å². The quantitative estimate of drug-likeness (QED) is 0.684. The van der Waals surface area contributed by atoms with Gasteiger partial charge in [-0.25, -0.2) is 4.68 Å². The summed E-state index contributed by atoms with van der Waals surface area (Å²) >= 11 is 0. The summed E-state index contributed by atoms with van der Waals surface area (Å²) in [5.41, 5.74) is 3.71. The number of piperidine rings is 1. The Morgan fingerprint density at radius 2 is 2.00 bits per heavy atom. The first-order valence-electron chi connectivity index (χ1n) is 9.98. The van der Waals surface area contributed by atoms with Gasteiger partial charge < -0.3 is 10.1 Å². The second-order valence-electron chi connectivity index (χ2n) is 7.43. The monoisotopic (exact) mass is 376 g/mol. The number of hydrogen-bond donors (Lipinski definition) is 1. The molecule has 5 nitrogen and oxygen atoms in total. The number of aromatic nitrogens is 2. The van der Waals surface area contributed by atoms with E-state index in [1.165, 1.54) is 24.0 Å². The van der Waals surface area contributed by atoms with E-state index in [1.807, 2.05) is 29.2 Å². The van der Waals surface area contributed by atoms with E-state index in [1.54, 1.807) is 7.11 Å². The molecule has 3 aromatic rings. The molecular formula is C23H28N4O. The Bertz CT molecular complexity index is 878. The van der Waals surface area contributed by atoms with Crippen molar-refractivity contribution in [1.29, 1.82) is 0 Å². The summed E-state index contributed by atoms with van der Waals surface area (Å²) in [5, 5.41) is 8.07. The van der Waals surface area contributed by atoms with Crippen molar-refractivity contribution in [2.75, 3.05) is 20.2 Å². The van der Waals surface area contributed by atoms with E-state index in [0.717, 1.165) is 37.6 Å². The van der Waals surface area contributed by atoms with Crippen LogP contribution in [0.15, 0.2) is 67.0 Å². The van der Waals surface area contributed by atoms with Gasteiger partial charge in [0.25, 0.3) is 0 Å². The smallest absolute Gasteiger partial charge is 0.119 e. The maximum absolute atomic E-state index is 5.35. The molecule has 1 aromatic heterocycles. The third-order valence-corrected chi connectivity index (χ3v) is 5.32. The normalized spacial score (nSPS) is 17.5. The lowest BCUT2D eigenvalue weighted by atomic mass is 10.0. The van der Waals surface area contributed by atoms with Crippen molar-refractivity contribution in [3.63, 3.8) is 0 Å². The number of likely N-dealkylation sites (tertiary alicyclic amines) is 1. The number of nitrogens with zero attached hydrogens (tertiary/aromatic N) is 3. The highest BCUT2D eigenvalue weighted by Crippen LogP contribution is 2.18. The predicted molar refractivity (Wildman–Crippen MR) is 112 cm³/mol. The van der Waals surface area contributed by atoms with E-state index in [4.69, 9.17) is 4.74 Å². The molecule has 1 atom stereocenters. The zero-order chi connectivity index (χ0) is 19.2. The van der Waals surface area contributed by atoms with E-state index in [9.17, 15) is 0 Å². The molecule has 0 spiro atoms. The van der Waals surface area contributed by atoms with E-state index in [2.05, 4.69) is 57.8 Å². The van der Waals surface area contributed by atoms with Crippen molar-refractivity contribution in [3.8, 4) is 11.4 Å². The maximum atomic E-state index is 5.35. The lowest BCUT2D eigenvalue weighted by Crippen LogP contribution is -2.45. The molecule has 1 aliphatic heterocycles. The third kappa shape index (κ3) is 4.80. The van der Waals surface area contributed by atoms with Gasteiger partial charge in [-0.3, -0.25) is 4.90 Å². The third-order valence-electron chi connectivity index (χ3n) is 5.32. The maximum Gasteiger partial charge on any atom is 0.119 e. The van der Waals surface area contributed by atoms with Gasteiger partial charge in [-0.15, -0.1) is 0 Å². The molecule has 2 aromatic carbocycles. The van der Waals surface area contributed by atoms with Crippen molar-refractivity contribution < 1.29 is 4.74 Å². The van der Waals surface area contributed by atoms with Crippen molar-refractivity contribution in [3.05, 3.63) is 78.1 Å². The number of ether oxygens (including phenoxy) is 1. The van der Waals surface area contributed by atoms with Gasteiger partial charge in [-0.2, -0.15) is 5.10 Å². The summed E-state index contributed by atoms with van der Waals surface area (Å²) < 4.78 is 7.25. The topological polar surface area (TPSA) is 42.3 Å². The number of benzene rings is 2. The summed E-state index contributed by atoms with van der Waals surface area (Å²) in [6.45, 7) is 4.09. The minimum Gasteiger partial charge on any atom is -0.497 e. The Labute approximate surface area is 166 Å². The second-order valence-corrected chi connectivity index (χ2v) is 7.43. The molecule has 1 unspecified atom stereocenters. The van der Waals surface area contributed by atoms with Crippen molar-refractivity contribution in [1.82, 2.24) is 20.0 Å². The molecule has 0 amide bonds. The Hall–Kier alpha value is -2.63. The Morgan fingerprint density at radius 1 is 1.11 bits per heavy atom. The van der Waals surface area contributed by atoms with Crippen LogP contribution in [0.5, 0.6) is 5.75 Å². The summed E-state index contributed by atoms with van der Waals surface area (Å²) in [5.74, 6) is 0.932. The van der Waals surface area contributed by atoms with Gasteiger partial charge in [0.2, 0.25) is 0 Å². The van der Waals surface area contributed by atoms with E-state index >= 15 is 0 Å². The molecule has 0 aliphatic carbocycles. The van der Waals surface area contributed by atoms with Crippen molar-refractivity contribution in [2.45, 2.75) is 32.0 Å². The highest BCUT2D eigenvalue weighted by atomic mass is 16.5. The van der Waals surface area contributed by atoms with Crippen LogP contribution in [-0.4, -0.2) is 40.9 Å². The number of rotatable bonds is 7. The van der Waals surface area contributed by atoms with Gasteiger partial charge in [0.05, 0.1) is 12.8 Å². The van der Waals surface area contributed by atoms with Gasteiger partial charge in [-0.05, 0) is 60.8 Å². The number of methoxy groups -OCH3 is 1. The predicted octanol–water partition coefficient (Wildman–Crippen LogP) is 3.64. The summed E-state index contributed by atoms with van der Waals surface area (Å²) in [4.78, 5) is 2.54. The molecule has 28 heavy (non-hydrogen) atoms. The molecule has 1 fully saturated rings. The fourth-order valence-electron chi connectivity index (χ4n) is 3.89. The Kier molecular flexibility index (Phi) is 6.04. The molecule has 2 heterocycles. The summed E-state index contributed by atoms with van der Waals surface area (Å²) in [7, 11) is 1.72. The highest BCUT2D eigenvalue weighted by Gasteiger charge is 2.19. The first-order chi connectivity index (χ1) is 13.8. The first kappa shape index (κ1) is 18.7. The van der Waals surface area contributed by atoms with E-state index in [0.29, 0.717) is 6.04 Å². The average Bonchev–Trinajstić information content (AvgIpc) is 3.28. The zero-order valence-corrected chi connectivity index (χ0v) is 16.4. The Morgan fingerprint density at radius 3 is 2.86 bits per heavy atom. The second kappa shape index (κ2) is 9.04. The summed E-state index contributed by atoms with van der Waals surface area (Å²) in [6, 6.07) is 19.4. The van der Waals surface area contributed by atoms with Gasteiger partial charge in [0.15, 0.2) is 0 Å². The van der Waals surface area contributed by atoms with E-state index < -0.39 is 0 Å². The fraction of sp³-hybridized carbons (Fsp3) is 0.348. The molecule has 0 radical (unpaired) electrons. The van der Waals surface area contributed by atoms with Gasteiger partial charge in [0.1, 0.15) is 5.75 Å². The fourth-order valence-corrected chi connectivity index (χ4v) is 3.89. The van der Waals surface area contributed by atoms with Crippen LogP contribution in [-0.2, 0) is 13.1 Å². The minimum absolute atomic E-state index is 0.521. The molecule has 0 bridgehead atoms. The molecule has 4 rings (SSSR count). The van der Waals surface area contributed by atoms with Crippen LogP contribution in [0.4, 0.5) is 0 Å². The molecule has 1 N–H and O–H groups in total. The van der Waals surface area contributed by atoms with Gasteiger partial charge in [-0.1, -0.05) is 24.3 Å². The largest absolute Gasteiger partial charge is 0.497 e. The average molecular weight is 377 g/mol. The van der Waals surface area contributed by atoms with Crippen LogP contribution >= 0.6 is 0 Å². The van der Waals surface area contributed by atoms with Crippen LogP contribution < -0.4 is 10.1 Å². The van der Waals surface area contributed by atoms with Gasteiger partial charge in [0, 0.05) is 38.1 Å². The van der Waals surface area contributed by atoms with E-state index in [-0.39, 0.29) is 0 Å². The number of nitrogens with one attached hydrogen (secondary N) is 1. The highest BCUT2D eigenvalue weighted by molar-refractivity contribution is 5.35. The van der Waals surface area contributed by atoms with Crippen molar-refractivity contribution in [2.24, 2.45) is 0 Å². The molecule has 146 valence electrons. The number of hydrogen-bond acceptors (Lipinski definition) is 4. The molecule has 5 heteroatoms. The minimum atomic E-state index is 0.521. The zero-order valence-electron chi connectivity index (χ0n) is 16.4. The standard InChI is InChI=1S/C23H28N4O/c1-28-23-10-3-7-20(15-23)17-26-12-4-8-21(18-26)24-16-19-6-2-9-22(14-19)27-13-5-11-25-27/h2-3,5-7,9-11,13-15,21,24H,4,8,12,16-18H2,1H3. The van der Waals surface area contributed by atoms with Crippen LogP contribution in [0.2, 0.25) is 0 Å². The molecule has 0 saturated carbocycles. The SMILES string of the molecule is COc1cccc(CN2CCCC(NCc3cccc(-n4cccn4)c3)C2)c1. The first-order valence-corrected chi connectivity index (χ1v) is 9.98. The van der Waals surface area contributed by atoms with Gasteiger partial charge >= 0.3 is 0 Å². The van der Waals surface area contributed by atoms with Crippen molar-refractivity contribution >= 4 is 0 Å². The van der Waals surface area contributed by atoms with Crippen LogP contribution in [0.1, 0.15) is 24.0 Å². The van der Waals surface area contributed by atoms with Crippen LogP contribution in [0.3, 0.4) is 0 Å². The lowest BCUT2D eigenvalue weighted by molar-refractivity contribution is 0.182. The molecular weight excluding hydrogens is 348 g/mol. The Balaban J connectivity index is 1.32.